The van der Waals surface area contributed by atoms with Gasteiger partial charge in [0.1, 0.15) is 0 Å². The average molecular weight is 271 g/mol. The second-order valence-electron chi connectivity index (χ2n) is 4.31. The summed E-state index contributed by atoms with van der Waals surface area (Å²) in [5, 5.41) is 7.56. The van der Waals surface area contributed by atoms with E-state index in [1.54, 1.807) is 0 Å². The molecule has 5 heteroatoms. The van der Waals surface area contributed by atoms with Crippen LogP contribution in [0.3, 0.4) is 0 Å². The van der Waals surface area contributed by atoms with Gasteiger partial charge in [0, 0.05) is 0 Å². The van der Waals surface area contributed by atoms with Crippen molar-refractivity contribution in [2.75, 3.05) is 0 Å². The van der Waals surface area contributed by atoms with Crippen LogP contribution in [0.5, 0.6) is 0 Å². The van der Waals surface area contributed by atoms with Gasteiger partial charge in [0.15, 0.2) is 10.8 Å². The molecule has 0 aliphatic carbocycles. The molecule has 0 saturated carbocycles. The zero-order chi connectivity index (χ0) is 13.4. The summed E-state index contributed by atoms with van der Waals surface area (Å²) >= 11 is 5.59. The molecule has 0 radical (unpaired) electrons. The molecule has 1 unspecified atom stereocenters. The van der Waals surface area contributed by atoms with Gasteiger partial charge in [-0.1, -0.05) is 37.8 Å². The van der Waals surface area contributed by atoms with Gasteiger partial charge in [-0.05, 0) is 31.9 Å². The Hall–Kier alpha value is -1.16. The number of ether oxygens (including phenoxy) is 1. The lowest BCUT2D eigenvalue weighted by atomic mass is 10.1. The van der Waals surface area contributed by atoms with Gasteiger partial charge in [0.2, 0.25) is 0 Å². The van der Waals surface area contributed by atoms with Crippen LogP contribution < -0.4 is 0 Å². The molecule has 18 heavy (non-hydrogen) atoms. The second kappa shape index (κ2) is 8.03. The molecule has 4 nitrogen and oxygen atoms in total. The number of carbonyl (C=O) groups excluding carboxylic acids is 1. The average Bonchev–Trinajstić information content (AvgIpc) is 2.35. The van der Waals surface area contributed by atoms with Gasteiger partial charge in [-0.2, -0.15) is 0 Å². The lowest BCUT2D eigenvalue weighted by Gasteiger charge is -2.12. The van der Waals surface area contributed by atoms with E-state index in [9.17, 15) is 4.79 Å². The van der Waals surface area contributed by atoms with Gasteiger partial charge in [-0.15, -0.1) is 10.2 Å². The second-order valence-corrected chi connectivity index (χ2v) is 4.69. The van der Waals surface area contributed by atoms with Crippen molar-refractivity contribution in [3.8, 4) is 0 Å². The van der Waals surface area contributed by atoms with Crippen molar-refractivity contribution in [3.63, 3.8) is 0 Å². The van der Waals surface area contributed by atoms with Crippen LogP contribution in [0.25, 0.3) is 0 Å². The van der Waals surface area contributed by atoms with Crippen molar-refractivity contribution < 1.29 is 9.53 Å². The summed E-state index contributed by atoms with van der Waals surface area (Å²) in [7, 11) is 0. The van der Waals surface area contributed by atoms with Crippen LogP contribution in [-0.4, -0.2) is 22.3 Å². The predicted molar refractivity (Wildman–Crippen MR) is 70.7 cm³/mol. The predicted octanol–water partition coefficient (Wildman–Crippen LogP) is 3.65. The molecule has 0 N–H and O–H groups in total. The Morgan fingerprint density at radius 3 is 2.72 bits per heavy atom. The zero-order valence-corrected chi connectivity index (χ0v) is 11.6. The normalized spacial score (nSPS) is 12.2. The summed E-state index contributed by atoms with van der Waals surface area (Å²) in [5.74, 6) is -0.442. The highest BCUT2D eigenvalue weighted by atomic mass is 35.5. The summed E-state index contributed by atoms with van der Waals surface area (Å²) in [5.41, 5.74) is 0.194. The first-order valence-corrected chi connectivity index (χ1v) is 6.71. The Labute approximate surface area is 113 Å². The minimum atomic E-state index is -0.442. The van der Waals surface area contributed by atoms with E-state index in [1.165, 1.54) is 31.4 Å². The van der Waals surface area contributed by atoms with Crippen LogP contribution in [0.15, 0.2) is 12.1 Å². The topological polar surface area (TPSA) is 52.1 Å². The van der Waals surface area contributed by atoms with Crippen molar-refractivity contribution in [1.29, 1.82) is 0 Å². The fourth-order valence-corrected chi connectivity index (χ4v) is 1.69. The van der Waals surface area contributed by atoms with E-state index in [-0.39, 0.29) is 17.0 Å². The molecule has 0 spiro atoms. The summed E-state index contributed by atoms with van der Waals surface area (Å²) in [6, 6.07) is 3.04. The Morgan fingerprint density at radius 2 is 2.11 bits per heavy atom. The molecule has 0 saturated heterocycles. The molecule has 0 fully saturated rings. The van der Waals surface area contributed by atoms with Gasteiger partial charge < -0.3 is 4.74 Å². The number of hydrogen-bond donors (Lipinski definition) is 0. The smallest absolute Gasteiger partial charge is 0.359 e. The van der Waals surface area contributed by atoms with E-state index in [4.69, 9.17) is 16.3 Å². The molecule has 1 atom stereocenters. The van der Waals surface area contributed by atoms with Gasteiger partial charge in [-0.3, -0.25) is 0 Å². The van der Waals surface area contributed by atoms with Crippen molar-refractivity contribution in [3.05, 3.63) is 23.0 Å². The summed E-state index contributed by atoms with van der Waals surface area (Å²) in [6.45, 7) is 4.07. The van der Waals surface area contributed by atoms with Crippen LogP contribution >= 0.6 is 11.6 Å². The van der Waals surface area contributed by atoms with E-state index >= 15 is 0 Å². The van der Waals surface area contributed by atoms with E-state index in [2.05, 4.69) is 17.1 Å². The van der Waals surface area contributed by atoms with Crippen LogP contribution in [-0.2, 0) is 4.74 Å². The number of hydrogen-bond acceptors (Lipinski definition) is 4. The number of carbonyl (C=O) groups is 1. The summed E-state index contributed by atoms with van der Waals surface area (Å²) in [4.78, 5) is 11.7. The third-order valence-electron chi connectivity index (χ3n) is 2.61. The largest absolute Gasteiger partial charge is 0.458 e. The first-order valence-electron chi connectivity index (χ1n) is 6.33. The maximum Gasteiger partial charge on any atom is 0.359 e. The highest BCUT2D eigenvalue weighted by molar-refractivity contribution is 6.29. The van der Waals surface area contributed by atoms with E-state index in [0.717, 1.165) is 12.8 Å². The van der Waals surface area contributed by atoms with E-state index in [1.807, 2.05) is 6.92 Å². The Bertz CT molecular complexity index is 368. The van der Waals surface area contributed by atoms with Crippen LogP contribution in [0.4, 0.5) is 0 Å². The summed E-state index contributed by atoms with van der Waals surface area (Å²) in [6.07, 6.45) is 5.48. The lowest BCUT2D eigenvalue weighted by molar-refractivity contribution is 0.0311. The number of aromatic nitrogens is 2. The number of esters is 1. The Kier molecular flexibility index (Phi) is 6.65. The third kappa shape index (κ3) is 5.45. The van der Waals surface area contributed by atoms with Gasteiger partial charge in [0.05, 0.1) is 6.10 Å². The maximum absolute atomic E-state index is 11.7. The zero-order valence-electron chi connectivity index (χ0n) is 10.9. The first kappa shape index (κ1) is 14.9. The summed E-state index contributed by atoms with van der Waals surface area (Å²) < 4.78 is 5.27. The van der Waals surface area contributed by atoms with Gasteiger partial charge >= 0.3 is 5.97 Å². The maximum atomic E-state index is 11.7. The molecule has 1 rings (SSSR count). The van der Waals surface area contributed by atoms with Crippen molar-refractivity contribution in [1.82, 2.24) is 10.2 Å². The standard InChI is InChI=1S/C13H19ClN2O2/c1-3-4-5-6-7-10(2)18-13(17)11-8-9-12(14)16-15-11/h8-10H,3-7H2,1-2H3. The fraction of sp³-hybridized carbons (Fsp3) is 0.615. The molecule has 0 bridgehead atoms. The third-order valence-corrected chi connectivity index (χ3v) is 2.82. The molecular formula is C13H19ClN2O2. The molecular weight excluding hydrogens is 252 g/mol. The minimum absolute atomic E-state index is 0.0909. The molecule has 1 aromatic heterocycles. The highest BCUT2D eigenvalue weighted by Gasteiger charge is 2.13. The number of halogens is 1. The van der Waals surface area contributed by atoms with Crippen molar-refractivity contribution in [2.24, 2.45) is 0 Å². The van der Waals surface area contributed by atoms with Crippen LogP contribution in [0.1, 0.15) is 56.4 Å². The Morgan fingerprint density at radius 1 is 1.33 bits per heavy atom. The molecule has 100 valence electrons. The SMILES string of the molecule is CCCCCCC(C)OC(=O)c1ccc(Cl)nn1. The molecule has 0 aromatic carbocycles. The van der Waals surface area contributed by atoms with E-state index < -0.39 is 5.97 Å². The lowest BCUT2D eigenvalue weighted by Crippen LogP contribution is -2.16. The highest BCUT2D eigenvalue weighted by Crippen LogP contribution is 2.10. The monoisotopic (exact) mass is 270 g/mol. The number of unbranched alkanes of at least 4 members (excludes halogenated alkanes) is 3. The fourth-order valence-electron chi connectivity index (χ4n) is 1.59. The molecule has 1 heterocycles. The van der Waals surface area contributed by atoms with Crippen LogP contribution in [0, 0.1) is 0 Å². The first-order chi connectivity index (χ1) is 8.63. The number of nitrogens with zero attached hydrogens (tertiary/aromatic N) is 2. The van der Waals surface area contributed by atoms with Crippen molar-refractivity contribution in [2.45, 2.75) is 52.1 Å². The van der Waals surface area contributed by atoms with Gasteiger partial charge in [0.25, 0.3) is 0 Å². The minimum Gasteiger partial charge on any atom is -0.458 e. The molecule has 0 amide bonds. The molecule has 0 aliphatic heterocycles. The molecule has 1 aromatic rings. The quantitative estimate of drug-likeness (QED) is 0.561. The van der Waals surface area contributed by atoms with E-state index in [0.29, 0.717) is 0 Å². The molecule has 0 aliphatic rings. The Balaban J connectivity index is 2.33. The van der Waals surface area contributed by atoms with Crippen LogP contribution in [0.2, 0.25) is 5.15 Å². The number of rotatable bonds is 7. The van der Waals surface area contributed by atoms with Gasteiger partial charge in [-0.25, -0.2) is 4.79 Å². The van der Waals surface area contributed by atoms with Crippen molar-refractivity contribution >= 4 is 17.6 Å².